The summed E-state index contributed by atoms with van der Waals surface area (Å²) >= 11 is 2.95. The van der Waals surface area contributed by atoms with E-state index in [2.05, 4.69) is 19.9 Å². The molecular weight excluding hydrogens is 480 g/mol. The number of esters is 1. The number of ether oxygens (including phenoxy) is 1. The first kappa shape index (κ1) is 22.4. The smallest absolute Gasteiger partial charge is 0.374 e. The molecule has 2 aliphatic carbocycles. The minimum atomic E-state index is -1.20. The fourth-order valence-electron chi connectivity index (χ4n) is 4.40. The Balaban J connectivity index is 0.000000142. The highest BCUT2D eigenvalue weighted by molar-refractivity contribution is 7.19. The van der Waals surface area contributed by atoms with E-state index in [1.54, 1.807) is 6.92 Å². The SMILES string of the molecule is CCOC(=O)c1nc2sc3c(c2c(=O)[nH]1)CCC3.O=C(O)c1nc2sc3c(c2c(=O)[nH]1)CCC3. The van der Waals surface area contributed by atoms with Gasteiger partial charge in [0, 0.05) is 9.75 Å². The van der Waals surface area contributed by atoms with Gasteiger partial charge in [-0.25, -0.2) is 19.6 Å². The van der Waals surface area contributed by atoms with Crippen LogP contribution in [0.2, 0.25) is 0 Å². The fraction of sp³-hybridized carbons (Fsp3) is 0.364. The van der Waals surface area contributed by atoms with Crippen molar-refractivity contribution in [3.05, 3.63) is 53.2 Å². The molecule has 0 aromatic carbocycles. The molecule has 12 heteroatoms. The number of nitrogens with zero attached hydrogens (tertiary/aromatic N) is 2. The monoisotopic (exact) mass is 500 g/mol. The molecule has 176 valence electrons. The van der Waals surface area contributed by atoms with Gasteiger partial charge in [0.05, 0.1) is 17.4 Å². The largest absolute Gasteiger partial charge is 0.475 e. The number of hydrogen-bond donors (Lipinski definition) is 3. The molecule has 4 heterocycles. The molecule has 0 unspecified atom stereocenters. The summed E-state index contributed by atoms with van der Waals surface area (Å²) in [6.45, 7) is 1.98. The second kappa shape index (κ2) is 8.76. The summed E-state index contributed by atoms with van der Waals surface area (Å²) in [6, 6.07) is 0. The fourth-order valence-corrected chi connectivity index (χ4v) is 6.93. The molecule has 2 aliphatic rings. The van der Waals surface area contributed by atoms with Crippen LogP contribution in [0.5, 0.6) is 0 Å². The molecule has 0 fully saturated rings. The van der Waals surface area contributed by atoms with Crippen LogP contribution in [-0.2, 0) is 30.4 Å². The van der Waals surface area contributed by atoms with Crippen molar-refractivity contribution in [2.75, 3.05) is 6.61 Å². The van der Waals surface area contributed by atoms with E-state index in [4.69, 9.17) is 9.84 Å². The van der Waals surface area contributed by atoms with Gasteiger partial charge < -0.3 is 19.8 Å². The van der Waals surface area contributed by atoms with Gasteiger partial charge in [0.15, 0.2) is 0 Å². The standard InChI is InChI=1S/C12H12N2O3S.C10H8N2O3S/c1-2-17-12(16)9-13-10(15)8-6-4-3-5-7(6)18-11(8)14-9;13-8-6-4-2-1-3-5(4)16-9(6)12-7(11-8)10(14)15/h2-5H2,1H3,(H,13,14,15);1-3H2,(H,14,15)(H,11,12,13). The van der Waals surface area contributed by atoms with Crippen molar-refractivity contribution in [3.63, 3.8) is 0 Å². The molecule has 0 atom stereocenters. The summed E-state index contributed by atoms with van der Waals surface area (Å²) in [7, 11) is 0. The average Bonchev–Trinajstić information content (AvgIpc) is 3.54. The third-order valence-electron chi connectivity index (χ3n) is 5.82. The summed E-state index contributed by atoms with van der Waals surface area (Å²) in [5.74, 6) is -2.07. The molecule has 4 aromatic rings. The number of aromatic amines is 2. The van der Waals surface area contributed by atoms with Crippen LogP contribution < -0.4 is 11.1 Å². The number of carbonyl (C=O) groups excluding carboxylic acids is 1. The van der Waals surface area contributed by atoms with Gasteiger partial charge in [-0.2, -0.15) is 0 Å². The van der Waals surface area contributed by atoms with Crippen molar-refractivity contribution >= 4 is 55.0 Å². The number of aromatic nitrogens is 4. The quantitative estimate of drug-likeness (QED) is 0.363. The zero-order valence-electron chi connectivity index (χ0n) is 18.1. The lowest BCUT2D eigenvalue weighted by Crippen LogP contribution is -2.17. The Morgan fingerprint density at radius 2 is 1.38 bits per heavy atom. The number of carbonyl (C=O) groups is 2. The molecule has 3 N–H and O–H groups in total. The molecular formula is C22H20N4O6S2. The van der Waals surface area contributed by atoms with Crippen LogP contribution in [-0.4, -0.2) is 43.6 Å². The van der Waals surface area contributed by atoms with Crippen LogP contribution in [0, 0.1) is 0 Å². The van der Waals surface area contributed by atoms with Crippen LogP contribution in [0.4, 0.5) is 0 Å². The lowest BCUT2D eigenvalue weighted by Gasteiger charge is -2.00. The van der Waals surface area contributed by atoms with Crippen molar-refractivity contribution in [1.82, 2.24) is 19.9 Å². The lowest BCUT2D eigenvalue weighted by molar-refractivity contribution is 0.0511. The normalized spacial score (nSPS) is 14.0. The molecule has 10 nitrogen and oxygen atoms in total. The predicted octanol–water partition coefficient (Wildman–Crippen LogP) is 2.82. The van der Waals surface area contributed by atoms with Crippen molar-refractivity contribution in [2.24, 2.45) is 0 Å². The lowest BCUT2D eigenvalue weighted by atomic mass is 10.2. The molecule has 34 heavy (non-hydrogen) atoms. The van der Waals surface area contributed by atoms with Gasteiger partial charge in [-0.15, -0.1) is 22.7 Å². The maximum Gasteiger partial charge on any atom is 0.374 e. The number of carboxylic acids is 1. The molecule has 0 radical (unpaired) electrons. The first-order chi connectivity index (χ1) is 16.4. The van der Waals surface area contributed by atoms with Gasteiger partial charge in [0.25, 0.3) is 11.1 Å². The summed E-state index contributed by atoms with van der Waals surface area (Å²) in [4.78, 5) is 62.7. The molecule has 0 aliphatic heterocycles. The van der Waals surface area contributed by atoms with Gasteiger partial charge in [-0.1, -0.05) is 0 Å². The minimum absolute atomic E-state index is 0.00530. The van der Waals surface area contributed by atoms with Gasteiger partial charge in [-0.3, -0.25) is 9.59 Å². The average molecular weight is 501 g/mol. The molecule has 0 spiro atoms. The van der Waals surface area contributed by atoms with Crippen LogP contribution >= 0.6 is 22.7 Å². The maximum absolute atomic E-state index is 12.0. The van der Waals surface area contributed by atoms with Crippen LogP contribution in [0.15, 0.2) is 9.59 Å². The number of aromatic carboxylic acids is 1. The third-order valence-corrected chi connectivity index (χ3v) is 8.19. The van der Waals surface area contributed by atoms with Gasteiger partial charge in [0.1, 0.15) is 9.66 Å². The highest BCUT2D eigenvalue weighted by atomic mass is 32.1. The van der Waals surface area contributed by atoms with E-state index in [-0.39, 0.29) is 29.4 Å². The van der Waals surface area contributed by atoms with E-state index in [0.29, 0.717) is 20.4 Å². The number of H-pyrrole nitrogens is 2. The van der Waals surface area contributed by atoms with Gasteiger partial charge in [0.2, 0.25) is 11.6 Å². The summed E-state index contributed by atoms with van der Waals surface area (Å²) in [5, 5.41) is 10.0. The Labute approximate surface area is 199 Å². The number of fused-ring (bicyclic) bond motifs is 6. The first-order valence-electron chi connectivity index (χ1n) is 10.9. The molecule has 0 saturated carbocycles. The number of thiophene rings is 2. The Kier molecular flexibility index (Phi) is 5.78. The van der Waals surface area contributed by atoms with E-state index in [1.807, 2.05) is 0 Å². The zero-order valence-corrected chi connectivity index (χ0v) is 19.8. The summed E-state index contributed by atoms with van der Waals surface area (Å²) < 4.78 is 4.84. The van der Waals surface area contributed by atoms with Gasteiger partial charge in [-0.05, 0) is 56.6 Å². The topological polar surface area (TPSA) is 155 Å². The van der Waals surface area contributed by atoms with Crippen molar-refractivity contribution < 1.29 is 19.4 Å². The second-order valence-corrected chi connectivity index (χ2v) is 10.1. The van der Waals surface area contributed by atoms with E-state index in [1.165, 1.54) is 32.4 Å². The number of aryl methyl sites for hydroxylation is 4. The molecule has 0 saturated heterocycles. The van der Waals surface area contributed by atoms with E-state index >= 15 is 0 Å². The summed E-state index contributed by atoms with van der Waals surface area (Å²) in [6.07, 6.45) is 5.96. The van der Waals surface area contributed by atoms with Crippen molar-refractivity contribution in [1.29, 1.82) is 0 Å². The van der Waals surface area contributed by atoms with Crippen LogP contribution in [0.25, 0.3) is 20.4 Å². The number of hydrogen-bond acceptors (Lipinski definition) is 9. The van der Waals surface area contributed by atoms with E-state index < -0.39 is 11.9 Å². The van der Waals surface area contributed by atoms with Gasteiger partial charge >= 0.3 is 11.9 Å². The van der Waals surface area contributed by atoms with Crippen LogP contribution in [0.1, 0.15) is 61.9 Å². The molecule has 0 amide bonds. The van der Waals surface area contributed by atoms with E-state index in [0.717, 1.165) is 49.7 Å². The molecule has 0 bridgehead atoms. The Hall–Kier alpha value is -3.38. The number of nitrogens with one attached hydrogen (secondary N) is 2. The predicted molar refractivity (Wildman–Crippen MR) is 127 cm³/mol. The highest BCUT2D eigenvalue weighted by Crippen LogP contribution is 2.35. The molecule has 4 aromatic heterocycles. The zero-order chi connectivity index (χ0) is 24.0. The third kappa shape index (κ3) is 3.82. The number of carboxylic acid groups (broad SMARTS) is 1. The van der Waals surface area contributed by atoms with Crippen molar-refractivity contribution in [2.45, 2.75) is 45.4 Å². The van der Waals surface area contributed by atoms with E-state index in [9.17, 15) is 19.2 Å². The first-order valence-corrected chi connectivity index (χ1v) is 12.5. The van der Waals surface area contributed by atoms with Crippen LogP contribution in [0.3, 0.4) is 0 Å². The maximum atomic E-state index is 12.0. The second-order valence-electron chi connectivity index (χ2n) is 7.93. The Morgan fingerprint density at radius 1 is 0.882 bits per heavy atom. The molecule has 6 rings (SSSR count). The highest BCUT2D eigenvalue weighted by Gasteiger charge is 2.23. The Bertz CT molecular complexity index is 1580. The Morgan fingerprint density at radius 3 is 1.88 bits per heavy atom. The van der Waals surface area contributed by atoms with Crippen molar-refractivity contribution in [3.8, 4) is 0 Å². The summed E-state index contributed by atoms with van der Waals surface area (Å²) in [5.41, 5.74) is 1.61. The minimum Gasteiger partial charge on any atom is -0.475 e. The number of rotatable bonds is 3.